The summed E-state index contributed by atoms with van der Waals surface area (Å²) >= 11 is 0. The lowest BCUT2D eigenvalue weighted by Gasteiger charge is -2.22. The van der Waals surface area contributed by atoms with E-state index in [1.807, 2.05) is 6.92 Å². The Kier molecular flexibility index (Phi) is 3.58. The van der Waals surface area contributed by atoms with Gasteiger partial charge in [-0.25, -0.2) is 4.79 Å². The molecule has 0 saturated heterocycles. The molecule has 0 bridgehead atoms. The van der Waals surface area contributed by atoms with Crippen molar-refractivity contribution in [3.05, 3.63) is 0 Å². The fraction of sp³-hybridized carbons (Fsp3) is 0.900. The standard InChI is InChI=1S/C10H19NO2/c1-4-11(7-8(2)3)10(12)13-9-5-6-9/h8-9H,4-7H2,1-3H3. The van der Waals surface area contributed by atoms with Crippen LogP contribution in [0.25, 0.3) is 0 Å². The maximum Gasteiger partial charge on any atom is 0.410 e. The SMILES string of the molecule is CCN(CC(C)C)C(=O)OC1CC1. The van der Waals surface area contributed by atoms with Gasteiger partial charge < -0.3 is 9.64 Å². The molecule has 0 radical (unpaired) electrons. The molecular formula is C10H19NO2. The van der Waals surface area contributed by atoms with E-state index in [2.05, 4.69) is 13.8 Å². The van der Waals surface area contributed by atoms with Gasteiger partial charge in [-0.05, 0) is 25.7 Å². The molecule has 1 rings (SSSR count). The summed E-state index contributed by atoms with van der Waals surface area (Å²) in [4.78, 5) is 13.2. The van der Waals surface area contributed by atoms with Crippen LogP contribution in [-0.2, 0) is 4.74 Å². The number of rotatable bonds is 4. The highest BCUT2D eigenvalue weighted by Crippen LogP contribution is 2.24. The fourth-order valence-electron chi connectivity index (χ4n) is 1.18. The van der Waals surface area contributed by atoms with Gasteiger partial charge in [-0.1, -0.05) is 13.8 Å². The number of amides is 1. The van der Waals surface area contributed by atoms with Crippen LogP contribution < -0.4 is 0 Å². The van der Waals surface area contributed by atoms with Gasteiger partial charge >= 0.3 is 6.09 Å². The van der Waals surface area contributed by atoms with Crippen LogP contribution in [0.15, 0.2) is 0 Å². The lowest BCUT2D eigenvalue weighted by Crippen LogP contribution is -2.34. The lowest BCUT2D eigenvalue weighted by atomic mass is 10.2. The van der Waals surface area contributed by atoms with Gasteiger partial charge in [0.25, 0.3) is 0 Å². The van der Waals surface area contributed by atoms with Gasteiger partial charge in [0, 0.05) is 13.1 Å². The highest BCUT2D eigenvalue weighted by molar-refractivity contribution is 5.68. The van der Waals surface area contributed by atoms with Crippen LogP contribution in [0, 0.1) is 5.92 Å². The maximum atomic E-state index is 11.5. The lowest BCUT2D eigenvalue weighted by molar-refractivity contribution is 0.0937. The molecule has 3 nitrogen and oxygen atoms in total. The molecule has 1 aliphatic carbocycles. The van der Waals surface area contributed by atoms with E-state index in [-0.39, 0.29) is 12.2 Å². The minimum atomic E-state index is -0.140. The smallest absolute Gasteiger partial charge is 0.410 e. The van der Waals surface area contributed by atoms with Crippen LogP contribution in [0.4, 0.5) is 4.79 Å². The van der Waals surface area contributed by atoms with Crippen LogP contribution in [0.1, 0.15) is 33.6 Å². The molecular weight excluding hydrogens is 166 g/mol. The predicted octanol–water partition coefficient (Wildman–Crippen LogP) is 2.26. The molecule has 0 unspecified atom stereocenters. The zero-order valence-electron chi connectivity index (χ0n) is 8.75. The highest BCUT2D eigenvalue weighted by Gasteiger charge is 2.28. The van der Waals surface area contributed by atoms with Gasteiger partial charge in [0.1, 0.15) is 6.10 Å². The van der Waals surface area contributed by atoms with Crippen molar-refractivity contribution in [2.45, 2.75) is 39.7 Å². The number of ether oxygens (including phenoxy) is 1. The number of nitrogens with zero attached hydrogens (tertiary/aromatic N) is 1. The van der Waals surface area contributed by atoms with E-state index in [0.29, 0.717) is 5.92 Å². The number of carbonyl (C=O) groups is 1. The molecule has 1 aliphatic rings. The average Bonchev–Trinajstić information content (AvgIpc) is 2.83. The van der Waals surface area contributed by atoms with Crippen molar-refractivity contribution < 1.29 is 9.53 Å². The Morgan fingerprint density at radius 2 is 2.15 bits per heavy atom. The van der Waals surface area contributed by atoms with E-state index < -0.39 is 0 Å². The summed E-state index contributed by atoms with van der Waals surface area (Å²) in [6, 6.07) is 0. The summed E-state index contributed by atoms with van der Waals surface area (Å²) in [5.41, 5.74) is 0. The third kappa shape index (κ3) is 3.66. The third-order valence-electron chi connectivity index (χ3n) is 2.02. The van der Waals surface area contributed by atoms with Crippen molar-refractivity contribution in [3.63, 3.8) is 0 Å². The Bertz CT molecular complexity index is 176. The van der Waals surface area contributed by atoms with E-state index in [4.69, 9.17) is 4.74 Å². The Balaban J connectivity index is 2.30. The molecule has 0 aromatic heterocycles. The normalized spacial score (nSPS) is 16.0. The minimum Gasteiger partial charge on any atom is -0.446 e. The molecule has 1 amide bonds. The summed E-state index contributed by atoms with van der Waals surface area (Å²) in [6.07, 6.45) is 2.17. The fourth-order valence-corrected chi connectivity index (χ4v) is 1.18. The van der Waals surface area contributed by atoms with Crippen LogP contribution in [0.2, 0.25) is 0 Å². The van der Waals surface area contributed by atoms with Crippen molar-refractivity contribution in [2.24, 2.45) is 5.92 Å². The van der Waals surface area contributed by atoms with Gasteiger partial charge in [-0.15, -0.1) is 0 Å². The first-order valence-corrected chi connectivity index (χ1v) is 5.09. The monoisotopic (exact) mass is 185 g/mol. The second kappa shape index (κ2) is 4.49. The molecule has 0 aliphatic heterocycles. The molecule has 0 aromatic carbocycles. The van der Waals surface area contributed by atoms with Gasteiger partial charge in [0.2, 0.25) is 0 Å². The van der Waals surface area contributed by atoms with Crippen LogP contribution >= 0.6 is 0 Å². The Morgan fingerprint density at radius 3 is 2.54 bits per heavy atom. The van der Waals surface area contributed by atoms with Crippen molar-refractivity contribution in [3.8, 4) is 0 Å². The molecule has 0 atom stereocenters. The zero-order chi connectivity index (χ0) is 9.84. The molecule has 0 N–H and O–H groups in total. The van der Waals surface area contributed by atoms with Gasteiger partial charge in [-0.3, -0.25) is 0 Å². The van der Waals surface area contributed by atoms with E-state index >= 15 is 0 Å². The second-order valence-electron chi connectivity index (χ2n) is 4.02. The molecule has 76 valence electrons. The summed E-state index contributed by atoms with van der Waals surface area (Å²) in [7, 11) is 0. The van der Waals surface area contributed by atoms with Gasteiger partial charge in [0.15, 0.2) is 0 Å². The molecule has 0 heterocycles. The zero-order valence-corrected chi connectivity index (χ0v) is 8.75. The van der Waals surface area contributed by atoms with Gasteiger partial charge in [-0.2, -0.15) is 0 Å². The first kappa shape index (κ1) is 10.4. The number of hydrogen-bond donors (Lipinski definition) is 0. The summed E-state index contributed by atoms with van der Waals surface area (Å²) in [5, 5.41) is 0. The van der Waals surface area contributed by atoms with Crippen molar-refractivity contribution in [1.82, 2.24) is 4.90 Å². The van der Waals surface area contributed by atoms with Crippen LogP contribution in [0.5, 0.6) is 0 Å². The molecule has 3 heteroatoms. The highest BCUT2D eigenvalue weighted by atomic mass is 16.6. The molecule has 13 heavy (non-hydrogen) atoms. The van der Waals surface area contributed by atoms with Crippen molar-refractivity contribution >= 4 is 6.09 Å². The van der Waals surface area contributed by atoms with Gasteiger partial charge in [0.05, 0.1) is 0 Å². The maximum absolute atomic E-state index is 11.5. The Hall–Kier alpha value is -0.730. The first-order chi connectivity index (χ1) is 6.13. The van der Waals surface area contributed by atoms with Crippen LogP contribution in [0.3, 0.4) is 0 Å². The van der Waals surface area contributed by atoms with Crippen LogP contribution in [-0.4, -0.2) is 30.2 Å². The Morgan fingerprint density at radius 1 is 1.54 bits per heavy atom. The quantitative estimate of drug-likeness (QED) is 0.672. The molecule has 0 spiro atoms. The van der Waals surface area contributed by atoms with E-state index in [9.17, 15) is 4.79 Å². The number of hydrogen-bond acceptors (Lipinski definition) is 2. The van der Waals surface area contributed by atoms with Crippen molar-refractivity contribution in [1.29, 1.82) is 0 Å². The van der Waals surface area contributed by atoms with E-state index in [0.717, 1.165) is 25.9 Å². The summed E-state index contributed by atoms with van der Waals surface area (Å²) in [5.74, 6) is 0.506. The minimum absolute atomic E-state index is 0.140. The molecule has 1 fully saturated rings. The summed E-state index contributed by atoms with van der Waals surface area (Å²) < 4.78 is 5.20. The van der Waals surface area contributed by atoms with Crippen molar-refractivity contribution in [2.75, 3.05) is 13.1 Å². The third-order valence-corrected chi connectivity index (χ3v) is 2.02. The predicted molar refractivity (Wildman–Crippen MR) is 51.6 cm³/mol. The number of carbonyl (C=O) groups excluding carboxylic acids is 1. The van der Waals surface area contributed by atoms with E-state index in [1.165, 1.54) is 0 Å². The molecule has 0 aromatic rings. The molecule has 1 saturated carbocycles. The second-order valence-corrected chi connectivity index (χ2v) is 4.02. The van der Waals surface area contributed by atoms with E-state index in [1.54, 1.807) is 4.90 Å². The first-order valence-electron chi connectivity index (χ1n) is 5.09. The Labute approximate surface area is 80.1 Å². The topological polar surface area (TPSA) is 29.5 Å². The average molecular weight is 185 g/mol. The largest absolute Gasteiger partial charge is 0.446 e. The summed E-state index contributed by atoms with van der Waals surface area (Å²) in [6.45, 7) is 7.72.